The van der Waals surface area contributed by atoms with Gasteiger partial charge in [0, 0.05) is 19.1 Å². The van der Waals surface area contributed by atoms with E-state index in [-0.39, 0.29) is 16.9 Å². The second-order valence-electron chi connectivity index (χ2n) is 13.1. The zero-order chi connectivity index (χ0) is 44.3. The van der Waals surface area contributed by atoms with Crippen LogP contribution in [0.25, 0.3) is 0 Å². The van der Waals surface area contributed by atoms with Crippen molar-refractivity contribution >= 4 is 14.2 Å². The molecule has 0 unspecified atom stereocenters. The minimum atomic E-state index is -8.69. The predicted octanol–water partition coefficient (Wildman–Crippen LogP) is 9.75. The highest BCUT2D eigenvalue weighted by Crippen LogP contribution is 2.64. The zero-order valence-corrected chi connectivity index (χ0v) is 31.0. The summed E-state index contributed by atoms with van der Waals surface area (Å²) in [5, 5.41) is 19.4. The number of carbonyl (C=O) groups excluding carboxylic acids is 1. The van der Waals surface area contributed by atoms with Gasteiger partial charge in [0.1, 0.15) is 24.6 Å². The molecule has 0 aromatic heterocycles. The van der Waals surface area contributed by atoms with E-state index in [9.17, 15) is 84.5 Å². The van der Waals surface area contributed by atoms with E-state index >= 15 is 0 Å². The summed E-state index contributed by atoms with van der Waals surface area (Å²) >= 11 is 0. The average Bonchev–Trinajstić information content (AvgIpc) is 3.08. The number of aliphatic hydroxyl groups is 1. The van der Waals surface area contributed by atoms with Crippen molar-refractivity contribution < 1.29 is 104 Å². The van der Waals surface area contributed by atoms with Crippen molar-refractivity contribution in [1.29, 1.82) is 0 Å². The lowest BCUT2D eigenvalue weighted by Gasteiger charge is -2.44. The van der Waals surface area contributed by atoms with Crippen LogP contribution in [0.4, 0.5) is 74.6 Å². The molecule has 0 heterocycles. The van der Waals surface area contributed by atoms with Crippen LogP contribution < -0.4 is 10.2 Å². The van der Waals surface area contributed by atoms with Crippen LogP contribution in [0.15, 0.2) is 35.9 Å². The molecule has 1 amide bonds. The van der Waals surface area contributed by atoms with Gasteiger partial charge < -0.3 is 19.0 Å². The molecule has 0 saturated heterocycles. The molecule has 3 N–H and O–H groups in total. The van der Waals surface area contributed by atoms with Gasteiger partial charge in [-0.05, 0) is 47.8 Å². The van der Waals surface area contributed by atoms with Crippen molar-refractivity contribution in [3.63, 3.8) is 0 Å². The van der Waals surface area contributed by atoms with E-state index in [0.29, 0.717) is 0 Å². The number of methoxy groups -OCH3 is 1. The molecule has 0 bridgehead atoms. The fraction of sp³-hybridized carbons (Fsp3) is 0.710. The van der Waals surface area contributed by atoms with Crippen molar-refractivity contribution in [3.8, 4) is 5.75 Å². The Labute approximate surface area is 309 Å². The number of rotatable bonds is 21. The second kappa shape index (κ2) is 17.5. The van der Waals surface area contributed by atoms with Crippen LogP contribution in [0.1, 0.15) is 52.7 Å². The maximum absolute atomic E-state index is 14.8. The first kappa shape index (κ1) is 51.1. The Bertz CT molecular complexity index is 1480. The summed E-state index contributed by atoms with van der Waals surface area (Å²) in [5.74, 6) is -57.6. The Morgan fingerprint density at radius 2 is 1.16 bits per heavy atom. The van der Waals surface area contributed by atoms with Gasteiger partial charge in [-0.15, -0.1) is 0 Å². The first-order valence-corrected chi connectivity index (χ1v) is 18.2. The highest BCUT2D eigenvalue weighted by atomic mass is 28.4. The minimum absolute atomic E-state index is 0.0114. The standard InChI is InChI=1S/C31H38F17NO6Si/c1-16(2)56(17(3)4,55-13-12-54-20-9-7-19(8-10-20)22(50)21(53-6)15-18(5)23(51)49-52)14-11-24(32,33)25(34,35)26(36,37)27(38,39)28(40,41)29(42,43)30(44,45)31(46,47)48/h7-10,15-17,21-22,50,52H,11-14H2,1-6H3,(H,49,51)/b18-15+/t21-,22-/m1/s1. The first-order chi connectivity index (χ1) is 25.0. The minimum Gasteiger partial charge on any atom is -0.491 e. The van der Waals surface area contributed by atoms with Crippen LogP contribution >= 0.6 is 0 Å². The van der Waals surface area contributed by atoms with Gasteiger partial charge in [-0.2, -0.15) is 74.6 Å². The van der Waals surface area contributed by atoms with Crippen molar-refractivity contribution in [1.82, 2.24) is 5.48 Å². The van der Waals surface area contributed by atoms with E-state index in [0.717, 1.165) is 0 Å². The number of amides is 1. The summed E-state index contributed by atoms with van der Waals surface area (Å²) in [7, 11) is -2.76. The number of alkyl halides is 17. The molecular formula is C31H38F17NO6Si. The molecule has 0 aliphatic rings. The number of hydroxylamine groups is 1. The highest BCUT2D eigenvalue weighted by Gasteiger charge is 2.95. The smallest absolute Gasteiger partial charge is 0.460 e. The number of hydrogen-bond acceptors (Lipinski definition) is 6. The fourth-order valence-electron chi connectivity index (χ4n) is 5.40. The lowest BCUT2D eigenvalue weighted by Crippen LogP contribution is -2.74. The third-order valence-corrected chi connectivity index (χ3v) is 14.7. The molecule has 0 aliphatic carbocycles. The maximum Gasteiger partial charge on any atom is 0.460 e. The molecule has 0 fully saturated rings. The van der Waals surface area contributed by atoms with Gasteiger partial charge in [-0.3, -0.25) is 10.0 Å². The average molecular weight is 872 g/mol. The van der Waals surface area contributed by atoms with Crippen molar-refractivity contribution in [2.45, 2.75) is 118 Å². The van der Waals surface area contributed by atoms with Gasteiger partial charge in [0.05, 0.1) is 6.61 Å². The van der Waals surface area contributed by atoms with E-state index in [4.69, 9.17) is 19.1 Å². The third kappa shape index (κ3) is 9.35. The quantitative estimate of drug-likeness (QED) is 0.0285. The monoisotopic (exact) mass is 871 g/mol. The molecule has 0 radical (unpaired) electrons. The zero-order valence-electron chi connectivity index (χ0n) is 30.0. The van der Waals surface area contributed by atoms with Crippen LogP contribution in [-0.2, 0) is 14.0 Å². The number of nitrogens with one attached hydrogen (secondary N) is 1. The van der Waals surface area contributed by atoms with Gasteiger partial charge in [0.2, 0.25) is 0 Å². The number of benzene rings is 1. The topological polar surface area (TPSA) is 97.3 Å². The number of hydrogen-bond donors (Lipinski definition) is 3. The number of aliphatic hydroxyl groups excluding tert-OH is 1. The Kier molecular flexibility index (Phi) is 16.0. The molecule has 326 valence electrons. The van der Waals surface area contributed by atoms with Crippen LogP contribution in [0.3, 0.4) is 0 Å². The molecule has 0 aliphatic heterocycles. The van der Waals surface area contributed by atoms with Gasteiger partial charge >= 0.3 is 47.6 Å². The van der Waals surface area contributed by atoms with Gasteiger partial charge in [0.25, 0.3) is 5.91 Å². The van der Waals surface area contributed by atoms with E-state index in [1.807, 2.05) is 0 Å². The molecule has 56 heavy (non-hydrogen) atoms. The molecule has 1 aromatic carbocycles. The molecular weight excluding hydrogens is 833 g/mol. The van der Waals surface area contributed by atoms with Crippen LogP contribution in [-0.4, -0.2) is 98.6 Å². The SMILES string of the molecule is CO[C@H](/C=C(\C)C(=O)NO)[C@H](O)c1ccc(OCCO[Si](CCC(F)(F)C(F)(F)C(F)(F)C(F)(F)C(F)(F)C(F)(F)C(F)(F)C(F)(F)F)(C(C)C)C(C)C)cc1. The molecule has 0 spiro atoms. The van der Waals surface area contributed by atoms with Gasteiger partial charge in [-0.1, -0.05) is 39.8 Å². The molecule has 0 saturated carbocycles. The lowest BCUT2D eigenvalue weighted by atomic mass is 9.88. The number of halogens is 17. The molecule has 7 nitrogen and oxygen atoms in total. The van der Waals surface area contributed by atoms with Crippen LogP contribution in [0.5, 0.6) is 5.75 Å². The summed E-state index contributed by atoms with van der Waals surface area (Å²) in [6, 6.07) is 4.01. The highest BCUT2D eigenvalue weighted by molar-refractivity contribution is 6.76. The van der Waals surface area contributed by atoms with Crippen molar-refractivity contribution in [2.24, 2.45) is 0 Å². The molecule has 25 heteroatoms. The fourth-order valence-corrected chi connectivity index (χ4v) is 9.86. The summed E-state index contributed by atoms with van der Waals surface area (Å²) in [4.78, 5) is 11.5. The number of ether oxygens (including phenoxy) is 2. The van der Waals surface area contributed by atoms with Crippen molar-refractivity contribution in [3.05, 3.63) is 41.5 Å². The Morgan fingerprint density at radius 1 is 0.732 bits per heavy atom. The van der Waals surface area contributed by atoms with Crippen LogP contribution in [0, 0.1) is 0 Å². The Balaban J connectivity index is 3.26. The van der Waals surface area contributed by atoms with E-state index in [1.165, 1.54) is 77.6 Å². The third-order valence-electron chi connectivity index (χ3n) is 8.97. The summed E-state index contributed by atoms with van der Waals surface area (Å²) in [6.07, 6.45) is -11.6. The van der Waals surface area contributed by atoms with Crippen LogP contribution in [0.2, 0.25) is 17.1 Å². The lowest BCUT2D eigenvalue weighted by molar-refractivity contribution is -0.461. The van der Waals surface area contributed by atoms with Gasteiger partial charge in [-0.25, -0.2) is 5.48 Å². The molecule has 1 aromatic rings. The Morgan fingerprint density at radius 3 is 1.55 bits per heavy atom. The maximum atomic E-state index is 14.8. The first-order valence-electron chi connectivity index (χ1n) is 15.9. The molecule has 1 rings (SSSR count). The Hall–Kier alpha value is -2.90. The van der Waals surface area contributed by atoms with E-state index in [1.54, 1.807) is 0 Å². The van der Waals surface area contributed by atoms with Crippen molar-refractivity contribution in [2.75, 3.05) is 20.3 Å². The normalized spacial score (nSPS) is 16.0. The summed E-state index contributed by atoms with van der Waals surface area (Å²) < 4.78 is 250. The summed E-state index contributed by atoms with van der Waals surface area (Å²) in [5.41, 5.74) is -0.135. The predicted molar refractivity (Wildman–Crippen MR) is 163 cm³/mol. The second-order valence-corrected chi connectivity index (χ2v) is 18.1. The molecule has 2 atom stereocenters. The van der Waals surface area contributed by atoms with Gasteiger partial charge in [0.15, 0.2) is 8.32 Å². The largest absolute Gasteiger partial charge is 0.491 e. The van der Waals surface area contributed by atoms with E-state index < -0.39 is 111 Å². The number of carbonyl (C=O) groups is 1. The summed E-state index contributed by atoms with van der Waals surface area (Å²) in [6.45, 7) is 5.59. The van der Waals surface area contributed by atoms with E-state index in [2.05, 4.69) is 0 Å².